The molecule has 0 fully saturated rings. The molecule has 9 heteroatoms. The molecule has 4 heterocycles. The van der Waals surface area contributed by atoms with E-state index in [0.29, 0.717) is 27.2 Å². The molecule has 33 heavy (non-hydrogen) atoms. The Morgan fingerprint density at radius 1 is 1.00 bits per heavy atom. The SMILES string of the molecule is Cc1nnc(N2C(=O)c3oc4cc(C)c(C)cc4c(=O)c3C23C(=O)N(C)c2ccccc23)s1. The number of nitrogens with zero attached hydrogens (tertiary/aromatic N) is 4. The number of carbonyl (C=O) groups is 2. The van der Waals surface area contributed by atoms with Gasteiger partial charge in [-0.15, -0.1) is 10.2 Å². The Morgan fingerprint density at radius 2 is 1.73 bits per heavy atom. The molecule has 8 nitrogen and oxygen atoms in total. The summed E-state index contributed by atoms with van der Waals surface area (Å²) >= 11 is 1.18. The first-order valence-electron chi connectivity index (χ1n) is 10.4. The van der Waals surface area contributed by atoms with E-state index in [2.05, 4.69) is 10.2 Å². The third-order valence-electron chi connectivity index (χ3n) is 6.58. The Bertz CT molecular complexity index is 1600. The van der Waals surface area contributed by atoms with Crippen LogP contribution in [0.4, 0.5) is 10.8 Å². The Morgan fingerprint density at radius 3 is 2.45 bits per heavy atom. The Balaban J connectivity index is 1.81. The summed E-state index contributed by atoms with van der Waals surface area (Å²) in [5.41, 5.74) is 1.24. The second-order valence-corrected chi connectivity index (χ2v) is 9.56. The maximum atomic E-state index is 14.0. The quantitative estimate of drug-likeness (QED) is 0.434. The average Bonchev–Trinajstić information content (AvgIpc) is 3.39. The predicted octanol–water partition coefficient (Wildman–Crippen LogP) is 3.45. The fourth-order valence-electron chi connectivity index (χ4n) is 4.90. The first-order chi connectivity index (χ1) is 15.8. The highest BCUT2D eigenvalue weighted by Crippen LogP contribution is 2.53. The van der Waals surface area contributed by atoms with E-state index in [1.807, 2.05) is 19.9 Å². The number of para-hydroxylation sites is 1. The average molecular weight is 458 g/mol. The molecule has 2 aliphatic rings. The highest BCUT2D eigenvalue weighted by Gasteiger charge is 2.65. The fraction of sp³-hybridized carbons (Fsp3) is 0.208. The van der Waals surface area contributed by atoms with Gasteiger partial charge in [-0.25, -0.2) is 0 Å². The van der Waals surface area contributed by atoms with E-state index >= 15 is 0 Å². The first kappa shape index (κ1) is 19.8. The van der Waals surface area contributed by atoms with Gasteiger partial charge in [0.15, 0.2) is 11.0 Å². The number of hydrogen-bond acceptors (Lipinski definition) is 7. The second kappa shape index (κ2) is 6.35. The number of rotatable bonds is 1. The molecule has 0 bridgehead atoms. The van der Waals surface area contributed by atoms with Crippen molar-refractivity contribution in [3.8, 4) is 0 Å². The van der Waals surface area contributed by atoms with Crippen molar-refractivity contribution in [1.82, 2.24) is 10.2 Å². The van der Waals surface area contributed by atoms with Crippen LogP contribution in [0, 0.1) is 20.8 Å². The van der Waals surface area contributed by atoms with Crippen molar-refractivity contribution in [3.05, 3.63) is 79.6 Å². The highest BCUT2D eigenvalue weighted by atomic mass is 32.1. The predicted molar refractivity (Wildman–Crippen MR) is 124 cm³/mol. The van der Waals surface area contributed by atoms with E-state index in [4.69, 9.17) is 4.42 Å². The van der Waals surface area contributed by atoms with Crippen LogP contribution in [0.5, 0.6) is 0 Å². The van der Waals surface area contributed by atoms with Crippen LogP contribution in [-0.2, 0) is 10.3 Å². The number of aromatic nitrogens is 2. The van der Waals surface area contributed by atoms with Crippen molar-refractivity contribution in [2.45, 2.75) is 26.3 Å². The molecule has 2 aromatic carbocycles. The lowest BCUT2D eigenvalue weighted by Gasteiger charge is -2.31. The van der Waals surface area contributed by atoms with Crippen molar-refractivity contribution in [2.75, 3.05) is 16.8 Å². The van der Waals surface area contributed by atoms with Gasteiger partial charge in [0.25, 0.3) is 11.8 Å². The molecule has 4 aromatic rings. The van der Waals surface area contributed by atoms with Gasteiger partial charge in [0.2, 0.25) is 10.9 Å². The van der Waals surface area contributed by atoms with E-state index in [1.165, 1.54) is 21.1 Å². The molecule has 0 aliphatic carbocycles. The third kappa shape index (κ3) is 2.27. The van der Waals surface area contributed by atoms with Crippen LogP contribution in [0.1, 0.15) is 37.8 Å². The first-order valence-corrected chi connectivity index (χ1v) is 11.2. The van der Waals surface area contributed by atoms with E-state index < -0.39 is 22.8 Å². The van der Waals surface area contributed by atoms with Crippen LogP contribution >= 0.6 is 11.3 Å². The molecule has 1 atom stereocenters. The Kier molecular flexibility index (Phi) is 3.81. The number of fused-ring (bicyclic) bond motifs is 5. The van der Waals surface area contributed by atoms with Gasteiger partial charge in [-0.1, -0.05) is 29.5 Å². The minimum absolute atomic E-state index is 0.0258. The van der Waals surface area contributed by atoms with Gasteiger partial charge in [0.1, 0.15) is 10.6 Å². The summed E-state index contributed by atoms with van der Waals surface area (Å²) in [7, 11) is 1.64. The lowest BCUT2D eigenvalue weighted by molar-refractivity contribution is -0.121. The number of hydrogen-bond donors (Lipinski definition) is 0. The van der Waals surface area contributed by atoms with Gasteiger partial charge in [-0.05, 0) is 50.1 Å². The fourth-order valence-corrected chi connectivity index (χ4v) is 5.64. The van der Waals surface area contributed by atoms with Gasteiger partial charge in [-0.3, -0.25) is 19.3 Å². The van der Waals surface area contributed by atoms with Crippen molar-refractivity contribution < 1.29 is 14.0 Å². The van der Waals surface area contributed by atoms with Gasteiger partial charge < -0.3 is 9.32 Å². The zero-order valence-corrected chi connectivity index (χ0v) is 19.1. The topological polar surface area (TPSA) is 96.6 Å². The summed E-state index contributed by atoms with van der Waals surface area (Å²) in [5, 5.41) is 9.42. The lowest BCUT2D eigenvalue weighted by Crippen LogP contribution is -2.53. The molecule has 0 radical (unpaired) electrons. The number of anilines is 2. The lowest BCUT2D eigenvalue weighted by atomic mass is 9.84. The second-order valence-electron chi connectivity index (χ2n) is 8.40. The summed E-state index contributed by atoms with van der Waals surface area (Å²) in [6.45, 7) is 5.58. The van der Waals surface area contributed by atoms with Gasteiger partial charge in [0.05, 0.1) is 10.9 Å². The number of aryl methyl sites for hydroxylation is 3. The molecule has 0 saturated heterocycles. The number of carbonyl (C=O) groups excluding carboxylic acids is 2. The standard InChI is InChI=1S/C24H18N4O4S/c1-11-9-14-17(10-12(11)2)32-20-18(19(14)29)24(28(21(20)30)23-26-25-13(3)33-23)15-7-5-6-8-16(15)27(4)22(24)31/h5-10H,1-4H3. The van der Waals surface area contributed by atoms with E-state index in [-0.39, 0.29) is 16.5 Å². The normalized spacial score (nSPS) is 19.2. The molecular formula is C24H18N4O4S. The van der Waals surface area contributed by atoms with Crippen molar-refractivity contribution in [2.24, 2.45) is 0 Å². The van der Waals surface area contributed by atoms with Crippen LogP contribution < -0.4 is 15.2 Å². The molecule has 0 saturated carbocycles. The molecule has 2 aliphatic heterocycles. The maximum Gasteiger partial charge on any atom is 0.297 e. The van der Waals surface area contributed by atoms with E-state index in [0.717, 1.165) is 11.1 Å². The number of amides is 2. The molecule has 164 valence electrons. The number of benzene rings is 2. The number of likely N-dealkylation sites (N-methyl/N-ethyl adjacent to an activating group) is 1. The van der Waals surface area contributed by atoms with Crippen LogP contribution in [0.2, 0.25) is 0 Å². The summed E-state index contributed by atoms with van der Waals surface area (Å²) in [6, 6.07) is 10.7. The van der Waals surface area contributed by atoms with Crippen LogP contribution in [-0.4, -0.2) is 29.1 Å². The Hall–Kier alpha value is -3.85. The van der Waals surface area contributed by atoms with Crippen molar-refractivity contribution >= 4 is 44.9 Å². The molecule has 1 spiro atoms. The largest absolute Gasteiger partial charge is 0.450 e. The van der Waals surface area contributed by atoms with Crippen LogP contribution in [0.25, 0.3) is 11.0 Å². The summed E-state index contributed by atoms with van der Waals surface area (Å²) in [5.74, 6) is -1.14. The van der Waals surface area contributed by atoms with Gasteiger partial charge in [0, 0.05) is 18.3 Å². The minimum Gasteiger partial charge on any atom is -0.450 e. The van der Waals surface area contributed by atoms with E-state index in [9.17, 15) is 14.4 Å². The van der Waals surface area contributed by atoms with Gasteiger partial charge in [-0.2, -0.15) is 0 Å². The summed E-state index contributed by atoms with van der Waals surface area (Å²) in [6.07, 6.45) is 0. The third-order valence-corrected chi connectivity index (χ3v) is 7.40. The molecule has 2 aromatic heterocycles. The molecule has 1 unspecified atom stereocenters. The zero-order chi connectivity index (χ0) is 23.2. The molecule has 0 N–H and O–H groups in total. The minimum atomic E-state index is -1.71. The van der Waals surface area contributed by atoms with Crippen LogP contribution in [0.3, 0.4) is 0 Å². The van der Waals surface area contributed by atoms with Gasteiger partial charge >= 0.3 is 0 Å². The molecule has 2 amide bonds. The molecule has 6 rings (SSSR count). The Labute approximate surface area is 192 Å². The zero-order valence-electron chi connectivity index (χ0n) is 18.3. The summed E-state index contributed by atoms with van der Waals surface area (Å²) < 4.78 is 6.07. The van der Waals surface area contributed by atoms with Crippen molar-refractivity contribution in [1.29, 1.82) is 0 Å². The van der Waals surface area contributed by atoms with E-state index in [1.54, 1.807) is 44.3 Å². The van der Waals surface area contributed by atoms with Crippen LogP contribution in [0.15, 0.2) is 45.6 Å². The highest BCUT2D eigenvalue weighted by molar-refractivity contribution is 7.15. The smallest absolute Gasteiger partial charge is 0.297 e. The maximum absolute atomic E-state index is 14.0. The molecular weight excluding hydrogens is 440 g/mol. The monoisotopic (exact) mass is 458 g/mol. The van der Waals surface area contributed by atoms with Crippen molar-refractivity contribution in [3.63, 3.8) is 0 Å². The summed E-state index contributed by atoms with van der Waals surface area (Å²) in [4.78, 5) is 44.6.